The molecule has 0 bridgehead atoms. The zero-order chi connectivity index (χ0) is 37.9. The molecule has 0 aliphatic carbocycles. The monoisotopic (exact) mass is 741 g/mol. The van der Waals surface area contributed by atoms with Crippen LogP contribution < -0.4 is 0 Å². The zero-order valence-electron chi connectivity index (χ0n) is 31.0. The summed E-state index contributed by atoms with van der Waals surface area (Å²) in [5.74, 6) is 0.635. The summed E-state index contributed by atoms with van der Waals surface area (Å²) >= 11 is 0. The smallest absolute Gasteiger partial charge is 0.172 e. The molecule has 5 aromatic heterocycles. The molecule has 13 aromatic rings. The largest absolute Gasteiger partial charge is 0.453 e. The van der Waals surface area contributed by atoms with Crippen LogP contribution in [0.15, 0.2) is 193 Å². The SMILES string of the molecule is c1ccc(-n2c3ccccc3c3c(-c4ncc5oc6ccc(-n7c8ccccc8c8ccccc87)cc6c5n4)c(-n4c5ccccc5c5ccccc54)ccc32)cc1. The highest BCUT2D eigenvalue weighted by Gasteiger charge is 2.25. The van der Waals surface area contributed by atoms with E-state index in [-0.39, 0.29) is 0 Å². The predicted molar refractivity (Wildman–Crippen MR) is 238 cm³/mol. The van der Waals surface area contributed by atoms with Gasteiger partial charge < -0.3 is 18.1 Å². The van der Waals surface area contributed by atoms with Crippen molar-refractivity contribution in [2.75, 3.05) is 0 Å². The lowest BCUT2D eigenvalue weighted by atomic mass is 10.0. The summed E-state index contributed by atoms with van der Waals surface area (Å²) in [6.45, 7) is 0. The minimum absolute atomic E-state index is 0.635. The molecular weight excluding hydrogens is 711 g/mol. The van der Waals surface area contributed by atoms with Crippen molar-refractivity contribution < 1.29 is 4.42 Å². The van der Waals surface area contributed by atoms with Gasteiger partial charge in [-0.2, -0.15) is 0 Å². The van der Waals surface area contributed by atoms with Gasteiger partial charge in [-0.05, 0) is 72.8 Å². The molecule has 6 heteroatoms. The van der Waals surface area contributed by atoms with E-state index in [1.54, 1.807) is 0 Å². The van der Waals surface area contributed by atoms with Crippen molar-refractivity contribution in [3.63, 3.8) is 0 Å². The van der Waals surface area contributed by atoms with Crippen LogP contribution in [0.1, 0.15) is 0 Å². The molecule has 0 spiro atoms. The summed E-state index contributed by atoms with van der Waals surface area (Å²) in [6.07, 6.45) is 1.85. The van der Waals surface area contributed by atoms with Crippen LogP contribution in [0.3, 0.4) is 0 Å². The van der Waals surface area contributed by atoms with Gasteiger partial charge in [-0.3, -0.25) is 0 Å². The van der Waals surface area contributed by atoms with Gasteiger partial charge in [0.25, 0.3) is 0 Å². The Hall–Kier alpha value is -7.96. The summed E-state index contributed by atoms with van der Waals surface area (Å²) < 4.78 is 13.6. The number of hydrogen-bond donors (Lipinski definition) is 0. The maximum Gasteiger partial charge on any atom is 0.172 e. The van der Waals surface area contributed by atoms with Gasteiger partial charge in [-0.15, -0.1) is 0 Å². The molecule has 58 heavy (non-hydrogen) atoms. The number of fused-ring (bicyclic) bond motifs is 12. The third-order valence-corrected chi connectivity index (χ3v) is 11.9. The average molecular weight is 742 g/mol. The Kier molecular flexibility index (Phi) is 6.35. The number of para-hydroxylation sites is 6. The molecule has 0 aliphatic rings. The fourth-order valence-electron chi connectivity index (χ4n) is 9.51. The Morgan fingerprint density at radius 3 is 1.52 bits per heavy atom. The van der Waals surface area contributed by atoms with E-state index in [0.717, 1.165) is 83.0 Å². The summed E-state index contributed by atoms with van der Waals surface area (Å²) in [7, 11) is 0. The van der Waals surface area contributed by atoms with E-state index in [2.05, 4.69) is 196 Å². The first-order valence-corrected chi connectivity index (χ1v) is 19.6. The van der Waals surface area contributed by atoms with Gasteiger partial charge in [0.1, 0.15) is 11.1 Å². The lowest BCUT2D eigenvalue weighted by Crippen LogP contribution is -2.01. The highest BCUT2D eigenvalue weighted by Crippen LogP contribution is 2.44. The van der Waals surface area contributed by atoms with Crippen molar-refractivity contribution in [1.82, 2.24) is 23.7 Å². The Bertz CT molecular complexity index is 3700. The second kappa shape index (κ2) is 11.8. The van der Waals surface area contributed by atoms with Crippen molar-refractivity contribution in [2.45, 2.75) is 0 Å². The minimum atomic E-state index is 0.635. The number of benzene rings is 8. The van der Waals surface area contributed by atoms with Crippen molar-refractivity contribution in [3.8, 4) is 28.5 Å². The van der Waals surface area contributed by atoms with Gasteiger partial charge in [0.2, 0.25) is 0 Å². The minimum Gasteiger partial charge on any atom is -0.453 e. The second-order valence-electron chi connectivity index (χ2n) is 15.0. The van der Waals surface area contributed by atoms with Crippen molar-refractivity contribution in [2.24, 2.45) is 0 Å². The first-order valence-electron chi connectivity index (χ1n) is 19.6. The highest BCUT2D eigenvalue weighted by molar-refractivity contribution is 6.19. The van der Waals surface area contributed by atoms with Gasteiger partial charge in [-0.1, -0.05) is 109 Å². The molecule has 0 saturated heterocycles. The van der Waals surface area contributed by atoms with E-state index >= 15 is 0 Å². The van der Waals surface area contributed by atoms with Gasteiger partial charge >= 0.3 is 0 Å². The molecular formula is C52H31N5O. The van der Waals surface area contributed by atoms with Crippen molar-refractivity contribution >= 4 is 87.5 Å². The Morgan fingerprint density at radius 1 is 0.379 bits per heavy atom. The lowest BCUT2D eigenvalue weighted by Gasteiger charge is -2.15. The third-order valence-electron chi connectivity index (χ3n) is 11.9. The first-order chi connectivity index (χ1) is 28.8. The number of furan rings is 1. The Morgan fingerprint density at radius 2 is 0.897 bits per heavy atom. The van der Waals surface area contributed by atoms with E-state index in [1.807, 2.05) is 6.20 Å². The molecule has 0 radical (unpaired) electrons. The van der Waals surface area contributed by atoms with Crippen LogP contribution in [0.4, 0.5) is 0 Å². The molecule has 0 N–H and O–H groups in total. The normalized spacial score (nSPS) is 12.1. The van der Waals surface area contributed by atoms with Gasteiger partial charge in [0.05, 0.1) is 50.5 Å². The van der Waals surface area contributed by atoms with Crippen LogP contribution >= 0.6 is 0 Å². The summed E-state index contributed by atoms with van der Waals surface area (Å²) in [4.78, 5) is 10.7. The molecule has 6 nitrogen and oxygen atoms in total. The number of rotatable bonds is 4. The first kappa shape index (κ1) is 31.3. The van der Waals surface area contributed by atoms with E-state index < -0.39 is 0 Å². The Balaban J connectivity index is 1.14. The van der Waals surface area contributed by atoms with Crippen LogP contribution in [0, 0.1) is 0 Å². The quantitative estimate of drug-likeness (QED) is 0.180. The van der Waals surface area contributed by atoms with E-state index in [1.165, 1.54) is 21.5 Å². The maximum atomic E-state index is 6.48. The number of nitrogens with zero attached hydrogens (tertiary/aromatic N) is 5. The van der Waals surface area contributed by atoms with Crippen LogP contribution in [0.5, 0.6) is 0 Å². The Labute approximate surface area is 331 Å². The predicted octanol–water partition coefficient (Wildman–Crippen LogP) is 13.3. The molecule has 0 unspecified atom stereocenters. The molecule has 0 amide bonds. The van der Waals surface area contributed by atoms with Crippen molar-refractivity contribution in [1.29, 1.82) is 0 Å². The summed E-state index contributed by atoms with van der Waals surface area (Å²) in [5, 5.41) is 8.01. The van der Waals surface area contributed by atoms with Crippen LogP contribution in [-0.4, -0.2) is 23.7 Å². The van der Waals surface area contributed by atoms with Gasteiger partial charge in [-0.25, -0.2) is 9.97 Å². The maximum absolute atomic E-state index is 6.48. The van der Waals surface area contributed by atoms with E-state index in [4.69, 9.17) is 14.4 Å². The zero-order valence-corrected chi connectivity index (χ0v) is 31.0. The molecule has 13 rings (SSSR count). The topological polar surface area (TPSA) is 53.7 Å². The van der Waals surface area contributed by atoms with Gasteiger partial charge in [0.15, 0.2) is 11.4 Å². The van der Waals surface area contributed by atoms with Crippen LogP contribution in [-0.2, 0) is 0 Å². The van der Waals surface area contributed by atoms with E-state index in [9.17, 15) is 0 Å². The van der Waals surface area contributed by atoms with E-state index in [0.29, 0.717) is 11.4 Å². The fourth-order valence-corrected chi connectivity index (χ4v) is 9.51. The molecule has 8 aromatic carbocycles. The highest BCUT2D eigenvalue weighted by atomic mass is 16.3. The molecule has 0 atom stereocenters. The van der Waals surface area contributed by atoms with Gasteiger partial charge in [0, 0.05) is 49.1 Å². The molecule has 0 saturated carbocycles. The lowest BCUT2D eigenvalue weighted by molar-refractivity contribution is 0.666. The molecule has 270 valence electrons. The second-order valence-corrected chi connectivity index (χ2v) is 15.0. The molecule has 0 fully saturated rings. The number of aromatic nitrogens is 5. The standard InChI is InChI=1S/C52H31N5O/c1-2-14-32(15-3-1)55-44-25-13-8-20-38(44)49-45(55)27-28-46(57-42-23-11-6-18-36(42)37-19-7-12-24-43(37)57)50(49)52-53-31-48-51(54-52)39-30-33(26-29-47(39)58-48)56-40-21-9-4-16-34(40)35-17-5-10-22-41(35)56/h1-31H. The summed E-state index contributed by atoms with van der Waals surface area (Å²) in [5.41, 5.74) is 13.1. The van der Waals surface area contributed by atoms with Crippen LogP contribution in [0.25, 0.3) is 116 Å². The number of hydrogen-bond acceptors (Lipinski definition) is 3. The fraction of sp³-hybridized carbons (Fsp3) is 0. The summed E-state index contributed by atoms with van der Waals surface area (Å²) in [6, 6.07) is 64.7. The van der Waals surface area contributed by atoms with Crippen LogP contribution in [0.2, 0.25) is 0 Å². The van der Waals surface area contributed by atoms with Crippen molar-refractivity contribution in [3.05, 3.63) is 188 Å². The molecule has 5 heterocycles. The average Bonchev–Trinajstić information content (AvgIpc) is 4.02. The third kappa shape index (κ3) is 4.26. The molecule has 0 aliphatic heterocycles.